The van der Waals surface area contributed by atoms with Gasteiger partial charge in [-0.15, -0.1) is 0 Å². The van der Waals surface area contributed by atoms with E-state index in [4.69, 9.17) is 10.5 Å². The van der Waals surface area contributed by atoms with Gasteiger partial charge in [-0.2, -0.15) is 4.31 Å². The first-order valence-corrected chi connectivity index (χ1v) is 9.45. The highest BCUT2D eigenvalue weighted by Crippen LogP contribution is 2.39. The molecule has 0 amide bonds. The molecule has 2 fully saturated rings. The molecule has 122 valence electrons. The lowest BCUT2D eigenvalue weighted by Gasteiger charge is -2.18. The van der Waals surface area contributed by atoms with Gasteiger partial charge in [0.25, 0.3) is 0 Å². The minimum absolute atomic E-state index is 0.148. The van der Waals surface area contributed by atoms with E-state index in [1.54, 1.807) is 28.6 Å². The molecular weight excluding hydrogens is 300 g/mol. The highest BCUT2D eigenvalue weighted by molar-refractivity contribution is 7.89. The van der Waals surface area contributed by atoms with Crippen molar-refractivity contribution in [1.29, 1.82) is 0 Å². The topological polar surface area (TPSA) is 72.6 Å². The number of ether oxygens (including phenoxy) is 1. The lowest BCUT2D eigenvalue weighted by Crippen LogP contribution is -2.33. The van der Waals surface area contributed by atoms with E-state index in [9.17, 15) is 8.42 Å². The number of nitrogens with zero attached hydrogens (tertiary/aromatic N) is 1. The molecule has 1 aliphatic heterocycles. The van der Waals surface area contributed by atoms with Gasteiger partial charge in [-0.25, -0.2) is 8.42 Å². The summed E-state index contributed by atoms with van der Waals surface area (Å²) in [4.78, 5) is 0.338. The maximum atomic E-state index is 12.7. The van der Waals surface area contributed by atoms with Crippen LogP contribution in [0.5, 0.6) is 5.75 Å². The zero-order valence-electron chi connectivity index (χ0n) is 12.9. The summed E-state index contributed by atoms with van der Waals surface area (Å²) in [5.74, 6) is 1.46. The molecule has 1 saturated heterocycles. The highest BCUT2D eigenvalue weighted by atomic mass is 32.2. The summed E-state index contributed by atoms with van der Waals surface area (Å²) < 4.78 is 32.6. The zero-order valence-corrected chi connectivity index (χ0v) is 13.8. The lowest BCUT2D eigenvalue weighted by molar-refractivity contribution is 0.317. The zero-order chi connectivity index (χ0) is 15.7. The molecule has 0 spiro atoms. The Balaban J connectivity index is 1.73. The van der Waals surface area contributed by atoms with Crippen molar-refractivity contribution >= 4 is 10.0 Å². The monoisotopic (exact) mass is 324 g/mol. The smallest absolute Gasteiger partial charge is 0.243 e. The number of fused-ring (bicyclic) bond motifs is 1. The Morgan fingerprint density at radius 3 is 2.59 bits per heavy atom. The minimum atomic E-state index is -3.42. The second kappa shape index (κ2) is 6.18. The largest absolute Gasteiger partial charge is 0.494 e. The first-order valence-electron chi connectivity index (χ1n) is 8.01. The third kappa shape index (κ3) is 2.87. The van der Waals surface area contributed by atoms with Gasteiger partial charge in [-0.1, -0.05) is 6.92 Å². The van der Waals surface area contributed by atoms with Crippen LogP contribution in [0, 0.1) is 11.8 Å². The summed E-state index contributed by atoms with van der Waals surface area (Å²) in [7, 11) is -3.42. The van der Waals surface area contributed by atoms with Crippen LogP contribution in [0.2, 0.25) is 0 Å². The molecular formula is C16H24N2O3S. The second-order valence-corrected chi connectivity index (χ2v) is 8.24. The summed E-state index contributed by atoms with van der Waals surface area (Å²) in [6.07, 6.45) is 2.99. The quantitative estimate of drug-likeness (QED) is 0.897. The number of rotatable bonds is 5. The molecule has 2 N–H and O–H groups in total. The predicted octanol–water partition coefficient (Wildman–Crippen LogP) is 1.83. The van der Waals surface area contributed by atoms with Crippen LogP contribution in [-0.4, -0.2) is 38.5 Å². The Labute approximate surface area is 132 Å². The van der Waals surface area contributed by atoms with Gasteiger partial charge < -0.3 is 10.5 Å². The predicted molar refractivity (Wildman–Crippen MR) is 85.2 cm³/mol. The van der Waals surface area contributed by atoms with E-state index < -0.39 is 10.0 Å². The fraction of sp³-hybridized carbons (Fsp3) is 0.625. The molecule has 5 nitrogen and oxygen atoms in total. The van der Waals surface area contributed by atoms with Crippen molar-refractivity contribution in [2.75, 3.05) is 19.7 Å². The number of hydrogen-bond donors (Lipinski definition) is 1. The van der Waals surface area contributed by atoms with Gasteiger partial charge >= 0.3 is 0 Å². The van der Waals surface area contributed by atoms with Crippen LogP contribution in [-0.2, 0) is 10.0 Å². The SMILES string of the molecule is CCCOc1ccc(S(=O)(=O)N2CC3CCC(N)C3C2)cc1. The molecule has 2 aliphatic rings. The van der Waals surface area contributed by atoms with Crippen molar-refractivity contribution in [3.05, 3.63) is 24.3 Å². The standard InChI is InChI=1S/C16H24N2O3S/c1-2-9-21-13-4-6-14(7-5-13)22(19,20)18-10-12-3-8-16(17)15(12)11-18/h4-7,12,15-16H,2-3,8-11,17H2,1H3. The molecule has 1 aromatic rings. The Bertz CT molecular complexity index is 615. The summed E-state index contributed by atoms with van der Waals surface area (Å²) in [5, 5.41) is 0. The molecule has 6 heteroatoms. The summed E-state index contributed by atoms with van der Waals surface area (Å²) in [5.41, 5.74) is 6.09. The van der Waals surface area contributed by atoms with Crippen molar-refractivity contribution in [3.63, 3.8) is 0 Å². The van der Waals surface area contributed by atoms with Crippen molar-refractivity contribution < 1.29 is 13.2 Å². The number of sulfonamides is 1. The Morgan fingerprint density at radius 1 is 1.23 bits per heavy atom. The van der Waals surface area contributed by atoms with Crippen LogP contribution in [0.15, 0.2) is 29.2 Å². The lowest BCUT2D eigenvalue weighted by atomic mass is 9.98. The third-order valence-electron chi connectivity index (χ3n) is 4.81. The molecule has 3 rings (SSSR count). The first-order chi connectivity index (χ1) is 10.5. The van der Waals surface area contributed by atoms with E-state index in [0.29, 0.717) is 42.2 Å². The van der Waals surface area contributed by atoms with E-state index in [-0.39, 0.29) is 6.04 Å². The molecule has 1 heterocycles. The van der Waals surface area contributed by atoms with Crippen molar-refractivity contribution in [3.8, 4) is 5.75 Å². The van der Waals surface area contributed by atoms with Gasteiger partial charge in [0, 0.05) is 19.1 Å². The van der Waals surface area contributed by atoms with E-state index in [1.165, 1.54) is 0 Å². The Morgan fingerprint density at radius 2 is 1.95 bits per heavy atom. The van der Waals surface area contributed by atoms with E-state index >= 15 is 0 Å². The second-order valence-electron chi connectivity index (χ2n) is 6.31. The van der Waals surface area contributed by atoms with E-state index in [0.717, 1.165) is 19.3 Å². The van der Waals surface area contributed by atoms with E-state index in [1.807, 2.05) is 6.92 Å². The van der Waals surface area contributed by atoms with Gasteiger partial charge in [-0.05, 0) is 55.4 Å². The van der Waals surface area contributed by atoms with Crippen LogP contribution in [0.25, 0.3) is 0 Å². The first kappa shape index (κ1) is 15.8. The summed E-state index contributed by atoms with van der Waals surface area (Å²) in [6, 6.07) is 6.87. The van der Waals surface area contributed by atoms with Crippen molar-refractivity contribution in [1.82, 2.24) is 4.31 Å². The summed E-state index contributed by atoms with van der Waals surface area (Å²) >= 11 is 0. The highest BCUT2D eigenvalue weighted by Gasteiger charge is 2.44. The average molecular weight is 324 g/mol. The maximum Gasteiger partial charge on any atom is 0.243 e. The third-order valence-corrected chi connectivity index (χ3v) is 6.66. The Hall–Kier alpha value is -1.11. The maximum absolute atomic E-state index is 12.7. The molecule has 22 heavy (non-hydrogen) atoms. The van der Waals surface area contributed by atoms with Gasteiger partial charge in [-0.3, -0.25) is 0 Å². The van der Waals surface area contributed by atoms with Gasteiger partial charge in [0.2, 0.25) is 10.0 Å². The molecule has 0 bridgehead atoms. The van der Waals surface area contributed by atoms with Crippen LogP contribution < -0.4 is 10.5 Å². The van der Waals surface area contributed by atoms with Crippen LogP contribution in [0.1, 0.15) is 26.2 Å². The average Bonchev–Trinajstić information content (AvgIpc) is 3.09. The van der Waals surface area contributed by atoms with Crippen LogP contribution in [0.4, 0.5) is 0 Å². The van der Waals surface area contributed by atoms with Gasteiger partial charge in [0.1, 0.15) is 5.75 Å². The van der Waals surface area contributed by atoms with Gasteiger partial charge in [0.05, 0.1) is 11.5 Å². The van der Waals surface area contributed by atoms with Gasteiger partial charge in [0.15, 0.2) is 0 Å². The Kier molecular flexibility index (Phi) is 4.43. The number of hydrogen-bond acceptors (Lipinski definition) is 4. The molecule has 0 radical (unpaired) electrons. The molecule has 1 aliphatic carbocycles. The van der Waals surface area contributed by atoms with Crippen LogP contribution in [0.3, 0.4) is 0 Å². The van der Waals surface area contributed by atoms with Crippen molar-refractivity contribution in [2.45, 2.75) is 37.1 Å². The molecule has 1 saturated carbocycles. The van der Waals surface area contributed by atoms with Crippen molar-refractivity contribution in [2.24, 2.45) is 17.6 Å². The number of benzene rings is 1. The number of nitrogens with two attached hydrogens (primary N) is 1. The van der Waals surface area contributed by atoms with E-state index in [2.05, 4.69) is 0 Å². The normalized spacial score (nSPS) is 28.7. The fourth-order valence-corrected chi connectivity index (χ4v) is 5.07. The molecule has 3 atom stereocenters. The molecule has 0 aromatic heterocycles. The minimum Gasteiger partial charge on any atom is -0.494 e. The molecule has 3 unspecified atom stereocenters. The fourth-order valence-electron chi connectivity index (χ4n) is 3.54. The summed E-state index contributed by atoms with van der Waals surface area (Å²) in [6.45, 7) is 3.84. The molecule has 1 aromatic carbocycles. The van der Waals surface area contributed by atoms with Crippen LogP contribution >= 0.6 is 0 Å².